The Labute approximate surface area is 127 Å². The third-order valence-corrected chi connectivity index (χ3v) is 4.81. The summed E-state index contributed by atoms with van der Waals surface area (Å²) in [6.07, 6.45) is 5.47. The molecular weight excluding hydrogens is 268 g/mol. The molecule has 2 aliphatic rings. The Morgan fingerprint density at radius 1 is 1.25 bits per heavy atom. The standard InChI is InChI=1S/C17H25ClN2/c1-13-4-7-15(17(18)9-13)11-20(10-14-5-6-14)12-16-3-2-8-19-16/h4,7,9,14,16,19H,2-3,5-6,8,10-12H2,1H3. The molecule has 2 fully saturated rings. The van der Waals surface area contributed by atoms with E-state index in [1.807, 2.05) is 0 Å². The number of hydrogen-bond acceptors (Lipinski definition) is 2. The van der Waals surface area contributed by atoms with Crippen molar-refractivity contribution in [3.63, 3.8) is 0 Å². The molecule has 20 heavy (non-hydrogen) atoms. The number of benzene rings is 1. The molecular formula is C17H25ClN2. The van der Waals surface area contributed by atoms with Gasteiger partial charge in [0.2, 0.25) is 0 Å². The van der Waals surface area contributed by atoms with Gasteiger partial charge in [-0.3, -0.25) is 4.90 Å². The predicted octanol–water partition coefficient (Wildman–Crippen LogP) is 3.61. The molecule has 3 heteroatoms. The highest BCUT2D eigenvalue weighted by Crippen LogP contribution is 2.31. The van der Waals surface area contributed by atoms with E-state index in [0.29, 0.717) is 6.04 Å². The number of nitrogens with zero attached hydrogens (tertiary/aromatic N) is 1. The van der Waals surface area contributed by atoms with Crippen LogP contribution in [0, 0.1) is 12.8 Å². The van der Waals surface area contributed by atoms with E-state index >= 15 is 0 Å². The molecule has 1 heterocycles. The lowest BCUT2D eigenvalue weighted by molar-refractivity contribution is 0.232. The maximum absolute atomic E-state index is 6.40. The van der Waals surface area contributed by atoms with Crippen molar-refractivity contribution < 1.29 is 0 Å². The summed E-state index contributed by atoms with van der Waals surface area (Å²) in [6.45, 7) is 6.68. The maximum Gasteiger partial charge on any atom is 0.0453 e. The Bertz CT molecular complexity index is 450. The van der Waals surface area contributed by atoms with Crippen LogP contribution in [0.15, 0.2) is 18.2 Å². The normalized spacial score (nSPS) is 22.6. The van der Waals surface area contributed by atoms with Crippen LogP contribution in [0.25, 0.3) is 0 Å². The Hall–Kier alpha value is -0.570. The molecule has 0 bridgehead atoms. The molecule has 1 aromatic carbocycles. The summed E-state index contributed by atoms with van der Waals surface area (Å²) in [5.41, 5.74) is 2.51. The summed E-state index contributed by atoms with van der Waals surface area (Å²) >= 11 is 6.40. The summed E-state index contributed by atoms with van der Waals surface area (Å²) in [5.74, 6) is 0.931. The minimum Gasteiger partial charge on any atom is -0.313 e. The Kier molecular flexibility index (Phi) is 4.65. The van der Waals surface area contributed by atoms with Crippen molar-refractivity contribution >= 4 is 11.6 Å². The van der Waals surface area contributed by atoms with Crippen LogP contribution in [-0.2, 0) is 6.54 Å². The molecule has 0 aromatic heterocycles. The second-order valence-corrected chi connectivity index (χ2v) is 6.93. The summed E-state index contributed by atoms with van der Waals surface area (Å²) in [7, 11) is 0. The van der Waals surface area contributed by atoms with Gasteiger partial charge in [-0.15, -0.1) is 0 Å². The van der Waals surface area contributed by atoms with E-state index in [1.165, 1.54) is 56.4 Å². The van der Waals surface area contributed by atoms with Crippen LogP contribution < -0.4 is 5.32 Å². The lowest BCUT2D eigenvalue weighted by Crippen LogP contribution is -2.38. The zero-order valence-corrected chi connectivity index (χ0v) is 13.1. The third kappa shape index (κ3) is 3.97. The molecule has 0 spiro atoms. The Balaban J connectivity index is 1.64. The van der Waals surface area contributed by atoms with Crippen molar-refractivity contribution in [3.8, 4) is 0 Å². The number of hydrogen-bond donors (Lipinski definition) is 1. The van der Waals surface area contributed by atoms with Crippen molar-refractivity contribution in [2.24, 2.45) is 5.92 Å². The first-order valence-corrected chi connectivity index (χ1v) is 8.29. The molecule has 1 saturated carbocycles. The summed E-state index contributed by atoms with van der Waals surface area (Å²) < 4.78 is 0. The quantitative estimate of drug-likeness (QED) is 0.862. The van der Waals surface area contributed by atoms with E-state index in [4.69, 9.17) is 11.6 Å². The van der Waals surface area contributed by atoms with Gasteiger partial charge in [-0.2, -0.15) is 0 Å². The Morgan fingerprint density at radius 3 is 2.75 bits per heavy atom. The van der Waals surface area contributed by atoms with Crippen LogP contribution in [0.4, 0.5) is 0 Å². The monoisotopic (exact) mass is 292 g/mol. The molecule has 3 rings (SSSR count). The van der Waals surface area contributed by atoms with Gasteiger partial charge in [-0.05, 0) is 62.3 Å². The highest BCUT2D eigenvalue weighted by atomic mass is 35.5. The van der Waals surface area contributed by atoms with Gasteiger partial charge < -0.3 is 5.32 Å². The lowest BCUT2D eigenvalue weighted by Gasteiger charge is -2.26. The zero-order valence-electron chi connectivity index (χ0n) is 12.4. The van der Waals surface area contributed by atoms with Crippen LogP contribution in [0.5, 0.6) is 0 Å². The van der Waals surface area contributed by atoms with Crippen LogP contribution in [0.3, 0.4) is 0 Å². The zero-order chi connectivity index (χ0) is 13.9. The average Bonchev–Trinajstić information content (AvgIpc) is 3.07. The van der Waals surface area contributed by atoms with E-state index in [2.05, 4.69) is 35.3 Å². The van der Waals surface area contributed by atoms with Gasteiger partial charge in [0.05, 0.1) is 0 Å². The van der Waals surface area contributed by atoms with Crippen LogP contribution in [0.2, 0.25) is 5.02 Å². The van der Waals surface area contributed by atoms with E-state index < -0.39 is 0 Å². The number of rotatable bonds is 6. The SMILES string of the molecule is Cc1ccc(CN(CC2CC2)CC2CCCN2)c(Cl)c1. The van der Waals surface area contributed by atoms with Gasteiger partial charge in [0.15, 0.2) is 0 Å². The van der Waals surface area contributed by atoms with Gasteiger partial charge in [-0.25, -0.2) is 0 Å². The van der Waals surface area contributed by atoms with Crippen molar-refractivity contribution in [1.82, 2.24) is 10.2 Å². The van der Waals surface area contributed by atoms with Crippen molar-refractivity contribution in [3.05, 3.63) is 34.3 Å². The number of nitrogens with one attached hydrogen (secondary N) is 1. The topological polar surface area (TPSA) is 15.3 Å². The van der Waals surface area contributed by atoms with Gasteiger partial charge in [0.25, 0.3) is 0 Å². The summed E-state index contributed by atoms with van der Waals surface area (Å²) in [5, 5.41) is 4.54. The van der Waals surface area contributed by atoms with E-state index in [-0.39, 0.29) is 0 Å². The fourth-order valence-electron chi connectivity index (χ4n) is 3.11. The first-order chi connectivity index (χ1) is 9.70. The van der Waals surface area contributed by atoms with Crippen LogP contribution in [0.1, 0.15) is 36.8 Å². The molecule has 2 nitrogen and oxygen atoms in total. The maximum atomic E-state index is 6.40. The summed E-state index contributed by atoms with van der Waals surface area (Å²) in [4.78, 5) is 2.61. The second kappa shape index (κ2) is 6.46. The van der Waals surface area contributed by atoms with Gasteiger partial charge >= 0.3 is 0 Å². The molecule has 0 radical (unpaired) electrons. The van der Waals surface area contributed by atoms with Crippen molar-refractivity contribution in [1.29, 1.82) is 0 Å². The largest absolute Gasteiger partial charge is 0.313 e. The van der Waals surface area contributed by atoms with Gasteiger partial charge in [0, 0.05) is 30.7 Å². The molecule has 1 aliphatic carbocycles. The fourth-order valence-corrected chi connectivity index (χ4v) is 3.41. The molecule has 1 atom stereocenters. The Morgan fingerprint density at radius 2 is 2.10 bits per heavy atom. The van der Waals surface area contributed by atoms with E-state index in [9.17, 15) is 0 Å². The third-order valence-electron chi connectivity index (χ3n) is 4.46. The van der Waals surface area contributed by atoms with Crippen molar-refractivity contribution in [2.75, 3.05) is 19.6 Å². The number of aryl methyl sites for hydroxylation is 1. The van der Waals surface area contributed by atoms with Crippen LogP contribution in [-0.4, -0.2) is 30.6 Å². The van der Waals surface area contributed by atoms with Gasteiger partial charge in [-0.1, -0.05) is 23.7 Å². The molecule has 1 saturated heterocycles. The minimum atomic E-state index is 0.679. The first-order valence-electron chi connectivity index (χ1n) is 7.91. The first kappa shape index (κ1) is 14.4. The molecule has 1 unspecified atom stereocenters. The highest BCUT2D eigenvalue weighted by Gasteiger charge is 2.26. The van der Waals surface area contributed by atoms with Gasteiger partial charge in [0.1, 0.15) is 0 Å². The highest BCUT2D eigenvalue weighted by molar-refractivity contribution is 6.31. The summed E-state index contributed by atoms with van der Waals surface area (Å²) in [6, 6.07) is 7.13. The van der Waals surface area contributed by atoms with Crippen LogP contribution >= 0.6 is 11.6 Å². The second-order valence-electron chi connectivity index (χ2n) is 6.53. The average molecular weight is 293 g/mol. The predicted molar refractivity (Wildman–Crippen MR) is 85.2 cm³/mol. The molecule has 1 aliphatic heterocycles. The molecule has 0 amide bonds. The van der Waals surface area contributed by atoms with Crippen molar-refractivity contribution in [2.45, 2.75) is 45.2 Å². The number of halogens is 1. The lowest BCUT2D eigenvalue weighted by atomic mass is 10.1. The molecule has 1 aromatic rings. The molecule has 110 valence electrons. The molecule has 1 N–H and O–H groups in total. The smallest absolute Gasteiger partial charge is 0.0453 e. The fraction of sp³-hybridized carbons (Fsp3) is 0.647. The minimum absolute atomic E-state index is 0.679. The van der Waals surface area contributed by atoms with E-state index in [1.54, 1.807) is 0 Å². The van der Waals surface area contributed by atoms with E-state index in [0.717, 1.165) is 17.5 Å².